The summed E-state index contributed by atoms with van der Waals surface area (Å²) in [5.41, 5.74) is 2.28. The zero-order valence-electron chi connectivity index (χ0n) is 20.7. The van der Waals surface area contributed by atoms with E-state index in [0.29, 0.717) is 28.8 Å². The molecule has 4 atom stereocenters. The minimum absolute atomic E-state index is 0.0613. The largest absolute Gasteiger partial charge is 0.339 e. The lowest BCUT2D eigenvalue weighted by Gasteiger charge is -2.47. The molecule has 6 heteroatoms. The van der Waals surface area contributed by atoms with Gasteiger partial charge in [0.15, 0.2) is 0 Å². The van der Waals surface area contributed by atoms with Crippen LogP contribution in [-0.2, 0) is 23.3 Å². The molecule has 1 amide bonds. The number of aryl methyl sites for hydroxylation is 1. The fraction of sp³-hybridized carbons (Fsp3) is 0.655. The van der Waals surface area contributed by atoms with Crippen molar-refractivity contribution in [1.82, 2.24) is 15.2 Å². The highest BCUT2D eigenvalue weighted by Gasteiger charge is 2.53. The van der Waals surface area contributed by atoms with Gasteiger partial charge in [-0.15, -0.1) is 11.3 Å². The number of rotatable bonds is 4. The second kappa shape index (κ2) is 9.93. The van der Waals surface area contributed by atoms with Gasteiger partial charge in [-0.25, -0.2) is 9.37 Å². The van der Waals surface area contributed by atoms with Crippen LogP contribution in [0.1, 0.15) is 84.8 Å². The maximum Gasteiger partial charge on any atom is 0.228 e. The number of amides is 1. The number of alkyl halides is 1. The molecule has 1 N–H and O–H groups in total. The Kier molecular flexibility index (Phi) is 6.70. The zero-order chi connectivity index (χ0) is 23.8. The number of aromatic nitrogens is 1. The SMILES string of the molecule is O=C([C@@H]1CNC[C@]12CCCc1nc(CF)sc12)N1CC[C@@H](c2ccccc2)C[C@H]1C1CCCCC1. The molecule has 1 aromatic carbocycles. The van der Waals surface area contributed by atoms with Crippen molar-refractivity contribution >= 4 is 17.2 Å². The van der Waals surface area contributed by atoms with Crippen molar-refractivity contribution in [2.24, 2.45) is 11.8 Å². The van der Waals surface area contributed by atoms with Gasteiger partial charge in [0.25, 0.3) is 0 Å². The lowest BCUT2D eigenvalue weighted by atomic mass is 9.68. The second-order valence-corrected chi connectivity index (χ2v) is 12.4. The molecule has 2 saturated heterocycles. The Bertz CT molecular complexity index is 1040. The van der Waals surface area contributed by atoms with Crippen LogP contribution in [-0.4, -0.2) is 41.5 Å². The van der Waals surface area contributed by atoms with Crippen molar-refractivity contribution in [3.8, 4) is 0 Å². The van der Waals surface area contributed by atoms with Crippen molar-refractivity contribution in [3.63, 3.8) is 0 Å². The first-order valence-corrected chi connectivity index (χ1v) is 14.6. The Balaban J connectivity index is 1.30. The molecule has 188 valence electrons. The standard InChI is InChI=1S/C29H38FN3OS/c30-17-26-32-24-12-7-14-29(27(24)35-26)19-31-18-23(29)28(34)33-15-13-22(20-8-3-1-4-9-20)16-25(33)21-10-5-2-6-11-21/h1,3-4,8-9,21-23,25,31H,2,5-7,10-19H2/t22-,23+,25+,29-/m1/s1. The van der Waals surface area contributed by atoms with Crippen LogP contribution in [0.2, 0.25) is 0 Å². The Labute approximate surface area is 212 Å². The molecule has 2 aliphatic heterocycles. The summed E-state index contributed by atoms with van der Waals surface area (Å²) in [7, 11) is 0. The number of thiazole rings is 1. The van der Waals surface area contributed by atoms with E-state index in [4.69, 9.17) is 0 Å². The summed E-state index contributed by atoms with van der Waals surface area (Å²) in [5.74, 6) is 1.44. The van der Waals surface area contributed by atoms with Gasteiger partial charge in [-0.05, 0) is 62.3 Å². The molecule has 1 aromatic heterocycles. The van der Waals surface area contributed by atoms with E-state index in [2.05, 4.69) is 45.5 Å². The first-order chi connectivity index (χ1) is 17.2. The molecule has 0 unspecified atom stereocenters. The van der Waals surface area contributed by atoms with Gasteiger partial charge in [-0.1, -0.05) is 49.6 Å². The van der Waals surface area contributed by atoms with Crippen LogP contribution in [0.3, 0.4) is 0 Å². The fourth-order valence-electron chi connectivity index (χ4n) is 7.75. The van der Waals surface area contributed by atoms with Crippen molar-refractivity contribution in [1.29, 1.82) is 0 Å². The monoisotopic (exact) mass is 495 g/mol. The Morgan fingerprint density at radius 2 is 1.97 bits per heavy atom. The van der Waals surface area contributed by atoms with Crippen LogP contribution in [0.5, 0.6) is 0 Å². The van der Waals surface area contributed by atoms with Crippen molar-refractivity contribution in [2.75, 3.05) is 19.6 Å². The van der Waals surface area contributed by atoms with Crippen molar-refractivity contribution < 1.29 is 9.18 Å². The number of halogens is 1. The van der Waals surface area contributed by atoms with E-state index in [0.717, 1.165) is 57.4 Å². The molecule has 4 nitrogen and oxygen atoms in total. The Morgan fingerprint density at radius 3 is 2.77 bits per heavy atom. The highest BCUT2D eigenvalue weighted by atomic mass is 32.1. The van der Waals surface area contributed by atoms with Gasteiger partial charge < -0.3 is 10.2 Å². The molecule has 35 heavy (non-hydrogen) atoms. The first-order valence-electron chi connectivity index (χ1n) is 13.8. The summed E-state index contributed by atoms with van der Waals surface area (Å²) in [4.78, 5) is 22.6. The molecule has 0 radical (unpaired) electrons. The van der Waals surface area contributed by atoms with Gasteiger partial charge in [0.05, 0.1) is 11.6 Å². The van der Waals surface area contributed by atoms with Crippen LogP contribution < -0.4 is 5.32 Å². The van der Waals surface area contributed by atoms with E-state index in [-0.39, 0.29) is 11.3 Å². The average Bonchev–Trinajstić information content (AvgIpc) is 3.54. The number of carbonyl (C=O) groups excluding carboxylic acids is 1. The summed E-state index contributed by atoms with van der Waals surface area (Å²) < 4.78 is 13.5. The molecule has 2 aromatic rings. The third-order valence-electron chi connectivity index (χ3n) is 9.49. The lowest BCUT2D eigenvalue weighted by Crippen LogP contribution is -2.55. The maximum atomic E-state index is 14.5. The molecule has 2 aliphatic carbocycles. The summed E-state index contributed by atoms with van der Waals surface area (Å²) in [6, 6.07) is 11.3. The Hall–Kier alpha value is -1.79. The molecule has 1 spiro atoms. The van der Waals surface area contributed by atoms with Crippen LogP contribution in [0.25, 0.3) is 0 Å². The van der Waals surface area contributed by atoms with E-state index in [1.54, 1.807) is 0 Å². The quantitative estimate of drug-likeness (QED) is 0.586. The number of hydrogen-bond donors (Lipinski definition) is 1. The topological polar surface area (TPSA) is 45.2 Å². The van der Waals surface area contributed by atoms with E-state index in [1.165, 1.54) is 53.9 Å². The normalized spacial score (nSPS) is 31.6. The zero-order valence-corrected chi connectivity index (χ0v) is 21.5. The molecule has 1 saturated carbocycles. The van der Waals surface area contributed by atoms with Gasteiger partial charge in [0.1, 0.15) is 11.7 Å². The summed E-state index contributed by atoms with van der Waals surface area (Å²) in [6.07, 6.45) is 11.5. The number of nitrogens with one attached hydrogen (secondary N) is 1. The minimum atomic E-state index is -0.503. The number of carbonyl (C=O) groups is 1. The van der Waals surface area contributed by atoms with Gasteiger partial charge >= 0.3 is 0 Å². The molecule has 3 fully saturated rings. The predicted octanol–water partition coefficient (Wildman–Crippen LogP) is 5.76. The minimum Gasteiger partial charge on any atom is -0.339 e. The van der Waals surface area contributed by atoms with E-state index < -0.39 is 6.67 Å². The number of nitrogens with zero attached hydrogens (tertiary/aromatic N) is 2. The summed E-state index contributed by atoms with van der Waals surface area (Å²) in [5, 5.41) is 4.17. The maximum absolute atomic E-state index is 14.5. The highest BCUT2D eigenvalue weighted by Crippen LogP contribution is 2.49. The number of likely N-dealkylation sites (tertiary alicyclic amines) is 1. The fourth-order valence-corrected chi connectivity index (χ4v) is 8.98. The third-order valence-corrected chi connectivity index (χ3v) is 10.8. The van der Waals surface area contributed by atoms with Crippen molar-refractivity contribution in [3.05, 3.63) is 51.5 Å². The molecule has 4 aliphatic rings. The van der Waals surface area contributed by atoms with E-state index in [9.17, 15) is 9.18 Å². The molecule has 3 heterocycles. The van der Waals surface area contributed by atoms with Gasteiger partial charge in [0.2, 0.25) is 5.91 Å². The van der Waals surface area contributed by atoms with Gasteiger partial charge in [-0.3, -0.25) is 4.79 Å². The smallest absolute Gasteiger partial charge is 0.228 e. The van der Waals surface area contributed by atoms with Crippen LogP contribution in [0.15, 0.2) is 30.3 Å². The van der Waals surface area contributed by atoms with Gasteiger partial charge in [-0.2, -0.15) is 0 Å². The summed E-state index contributed by atoms with van der Waals surface area (Å²) in [6.45, 7) is 1.91. The number of fused-ring (bicyclic) bond motifs is 2. The third kappa shape index (κ3) is 4.25. The Morgan fingerprint density at radius 1 is 1.14 bits per heavy atom. The van der Waals surface area contributed by atoms with Crippen LogP contribution in [0, 0.1) is 11.8 Å². The second-order valence-electron chi connectivity index (χ2n) is 11.3. The number of hydrogen-bond acceptors (Lipinski definition) is 4. The molecule has 6 rings (SSSR count). The lowest BCUT2D eigenvalue weighted by molar-refractivity contribution is -0.143. The van der Waals surface area contributed by atoms with E-state index >= 15 is 0 Å². The molecule has 0 bridgehead atoms. The molecular weight excluding hydrogens is 457 g/mol. The highest BCUT2D eigenvalue weighted by molar-refractivity contribution is 7.12. The summed E-state index contributed by atoms with van der Waals surface area (Å²) >= 11 is 1.53. The number of piperidine rings is 1. The van der Waals surface area contributed by atoms with Crippen molar-refractivity contribution in [2.45, 2.75) is 88.3 Å². The van der Waals surface area contributed by atoms with Crippen LogP contribution >= 0.6 is 11.3 Å². The predicted molar refractivity (Wildman–Crippen MR) is 138 cm³/mol. The van der Waals surface area contributed by atoms with Crippen LogP contribution in [0.4, 0.5) is 4.39 Å². The van der Waals surface area contributed by atoms with E-state index in [1.807, 2.05) is 0 Å². The number of benzene rings is 1. The average molecular weight is 496 g/mol. The van der Waals surface area contributed by atoms with Gasteiger partial charge in [0, 0.05) is 36.0 Å². The first kappa shape index (κ1) is 23.6. The molecular formula is C29H38FN3OS.